The van der Waals surface area contributed by atoms with Crippen LogP contribution in [0.15, 0.2) is 29.5 Å². The summed E-state index contributed by atoms with van der Waals surface area (Å²) in [6.07, 6.45) is 2.83. The van der Waals surface area contributed by atoms with Crippen LogP contribution in [0.5, 0.6) is 0 Å². The van der Waals surface area contributed by atoms with Gasteiger partial charge in [-0.25, -0.2) is 4.98 Å². The number of fused-ring (bicyclic) bond motifs is 1. The van der Waals surface area contributed by atoms with Crippen molar-refractivity contribution in [3.8, 4) is 0 Å². The molecule has 0 aliphatic carbocycles. The Morgan fingerprint density at radius 1 is 1.27 bits per heavy atom. The third kappa shape index (κ3) is 1.48. The Hall–Kier alpha value is -1.84. The van der Waals surface area contributed by atoms with Gasteiger partial charge in [-0.05, 0) is 24.6 Å². The fraction of sp³-hybridized carbons (Fsp3) is 0.273. The summed E-state index contributed by atoms with van der Waals surface area (Å²) in [6, 6.07) is 6.15. The van der Waals surface area contributed by atoms with E-state index in [1.54, 1.807) is 6.33 Å². The number of nitrogens with zero attached hydrogens (tertiary/aromatic N) is 2. The first kappa shape index (κ1) is 8.47. The van der Waals surface area contributed by atoms with Crippen LogP contribution in [-0.4, -0.2) is 28.9 Å². The van der Waals surface area contributed by atoms with Crippen LogP contribution in [0.4, 0.5) is 0 Å². The second kappa shape index (κ2) is 3.38. The number of hydrogen-bond acceptors (Lipinski definition) is 3. The quantitative estimate of drug-likeness (QED) is 0.729. The topological polar surface area (TPSA) is 53.1 Å². The number of H-pyrrole nitrogens is 1. The molecule has 2 N–H and O–H groups in total. The number of aromatic nitrogens is 2. The summed E-state index contributed by atoms with van der Waals surface area (Å²) < 4.78 is 0. The van der Waals surface area contributed by atoms with Crippen LogP contribution >= 0.6 is 0 Å². The number of amidine groups is 1. The molecular weight excluding hydrogens is 188 g/mol. The molecule has 0 fully saturated rings. The monoisotopic (exact) mass is 200 g/mol. The predicted molar refractivity (Wildman–Crippen MR) is 60.1 cm³/mol. The third-order valence-electron chi connectivity index (χ3n) is 2.59. The maximum atomic E-state index is 4.46. The van der Waals surface area contributed by atoms with E-state index in [4.69, 9.17) is 0 Å². The van der Waals surface area contributed by atoms with Crippen molar-refractivity contribution < 1.29 is 0 Å². The Kier molecular flexibility index (Phi) is 1.91. The highest BCUT2D eigenvalue weighted by molar-refractivity contribution is 6.01. The van der Waals surface area contributed by atoms with Crippen LogP contribution in [0.25, 0.3) is 11.0 Å². The van der Waals surface area contributed by atoms with Gasteiger partial charge in [0, 0.05) is 18.7 Å². The normalized spacial score (nSPS) is 16.1. The first-order chi connectivity index (χ1) is 7.43. The van der Waals surface area contributed by atoms with Gasteiger partial charge in [0.25, 0.3) is 0 Å². The maximum Gasteiger partial charge on any atom is 0.128 e. The van der Waals surface area contributed by atoms with Crippen molar-refractivity contribution in [2.75, 3.05) is 13.1 Å². The van der Waals surface area contributed by atoms with Crippen molar-refractivity contribution in [1.29, 1.82) is 0 Å². The summed E-state index contributed by atoms with van der Waals surface area (Å²) >= 11 is 0. The molecular formula is C11H12N4. The molecule has 4 nitrogen and oxygen atoms in total. The zero-order valence-corrected chi connectivity index (χ0v) is 8.33. The second-order valence-corrected chi connectivity index (χ2v) is 3.65. The van der Waals surface area contributed by atoms with Crippen molar-refractivity contribution in [3.63, 3.8) is 0 Å². The molecule has 76 valence electrons. The summed E-state index contributed by atoms with van der Waals surface area (Å²) in [4.78, 5) is 11.8. The van der Waals surface area contributed by atoms with Gasteiger partial charge in [0.15, 0.2) is 0 Å². The van der Waals surface area contributed by atoms with Crippen molar-refractivity contribution in [2.45, 2.75) is 6.42 Å². The smallest absolute Gasteiger partial charge is 0.128 e. The molecule has 1 aliphatic rings. The van der Waals surface area contributed by atoms with E-state index in [1.165, 1.54) is 0 Å². The number of aromatic amines is 1. The van der Waals surface area contributed by atoms with Gasteiger partial charge >= 0.3 is 0 Å². The van der Waals surface area contributed by atoms with Crippen molar-refractivity contribution >= 4 is 16.9 Å². The molecule has 0 unspecified atom stereocenters. The number of imidazole rings is 1. The summed E-state index contributed by atoms with van der Waals surface area (Å²) in [5.74, 6) is 0.998. The van der Waals surface area contributed by atoms with Crippen LogP contribution in [0.3, 0.4) is 0 Å². The molecule has 0 radical (unpaired) electrons. The predicted octanol–water partition coefficient (Wildman–Crippen LogP) is 1.30. The van der Waals surface area contributed by atoms with E-state index in [0.29, 0.717) is 0 Å². The molecule has 0 atom stereocenters. The molecule has 0 saturated heterocycles. The van der Waals surface area contributed by atoms with E-state index in [9.17, 15) is 0 Å². The fourth-order valence-electron chi connectivity index (χ4n) is 1.81. The van der Waals surface area contributed by atoms with Crippen LogP contribution in [0.2, 0.25) is 0 Å². The molecule has 15 heavy (non-hydrogen) atoms. The molecule has 2 heterocycles. The van der Waals surface area contributed by atoms with Gasteiger partial charge in [-0.1, -0.05) is 0 Å². The average molecular weight is 200 g/mol. The highest BCUT2D eigenvalue weighted by atomic mass is 15.0. The molecule has 0 spiro atoms. The van der Waals surface area contributed by atoms with E-state index >= 15 is 0 Å². The number of aliphatic imine (C=N–C) groups is 1. The van der Waals surface area contributed by atoms with Gasteiger partial charge in [-0.3, -0.25) is 4.99 Å². The van der Waals surface area contributed by atoms with E-state index in [-0.39, 0.29) is 0 Å². The Morgan fingerprint density at radius 2 is 2.27 bits per heavy atom. The van der Waals surface area contributed by atoms with Crippen LogP contribution in [-0.2, 0) is 0 Å². The average Bonchev–Trinajstić information content (AvgIpc) is 2.77. The lowest BCUT2D eigenvalue weighted by Crippen LogP contribution is -2.30. The van der Waals surface area contributed by atoms with Crippen LogP contribution in [0, 0.1) is 0 Å². The molecule has 4 heteroatoms. The number of rotatable bonds is 1. The van der Waals surface area contributed by atoms with E-state index < -0.39 is 0 Å². The molecule has 2 aromatic rings. The second-order valence-electron chi connectivity index (χ2n) is 3.65. The Labute approximate surface area is 87.4 Å². The number of hydrogen-bond donors (Lipinski definition) is 2. The Morgan fingerprint density at radius 3 is 3.13 bits per heavy atom. The highest BCUT2D eigenvalue weighted by Crippen LogP contribution is 2.12. The molecule has 0 bridgehead atoms. The third-order valence-corrected chi connectivity index (χ3v) is 2.59. The Bertz CT molecular complexity index is 512. The van der Waals surface area contributed by atoms with Crippen molar-refractivity contribution in [2.24, 2.45) is 4.99 Å². The molecule has 1 aromatic heterocycles. The van der Waals surface area contributed by atoms with Gasteiger partial charge in [-0.2, -0.15) is 0 Å². The minimum Gasteiger partial charge on any atom is -0.370 e. The van der Waals surface area contributed by atoms with Crippen LogP contribution < -0.4 is 5.32 Å². The van der Waals surface area contributed by atoms with E-state index in [2.05, 4.69) is 32.4 Å². The SMILES string of the molecule is c1nc2ccc(C3=NCCCN3)cc2[nH]1. The number of benzene rings is 1. The Balaban J connectivity index is 2.06. The number of nitrogens with one attached hydrogen (secondary N) is 2. The van der Waals surface area contributed by atoms with Gasteiger partial charge in [0.1, 0.15) is 5.84 Å². The molecule has 3 rings (SSSR count). The minimum absolute atomic E-state index is 0.920. The van der Waals surface area contributed by atoms with Gasteiger partial charge < -0.3 is 10.3 Å². The zero-order chi connectivity index (χ0) is 10.1. The summed E-state index contributed by atoms with van der Waals surface area (Å²) in [6.45, 7) is 1.93. The molecule has 0 saturated carbocycles. The first-order valence-corrected chi connectivity index (χ1v) is 5.15. The summed E-state index contributed by atoms with van der Waals surface area (Å²) in [7, 11) is 0. The summed E-state index contributed by atoms with van der Waals surface area (Å²) in [5, 5.41) is 3.31. The maximum absolute atomic E-state index is 4.46. The highest BCUT2D eigenvalue weighted by Gasteiger charge is 2.07. The minimum atomic E-state index is 0.920. The lowest BCUT2D eigenvalue weighted by molar-refractivity contribution is 0.742. The van der Waals surface area contributed by atoms with Gasteiger partial charge in [0.05, 0.1) is 17.4 Å². The van der Waals surface area contributed by atoms with Gasteiger partial charge in [0.2, 0.25) is 0 Å². The van der Waals surface area contributed by atoms with E-state index in [1.807, 2.05) is 6.07 Å². The standard InChI is InChI=1S/C11H12N4/c1-4-12-11(13-5-1)8-2-3-9-10(6-8)15-7-14-9/h2-3,6-7H,1,4-5H2,(H,12,13)(H,14,15). The fourth-order valence-corrected chi connectivity index (χ4v) is 1.81. The zero-order valence-electron chi connectivity index (χ0n) is 8.33. The van der Waals surface area contributed by atoms with Crippen molar-refractivity contribution in [1.82, 2.24) is 15.3 Å². The van der Waals surface area contributed by atoms with Crippen molar-refractivity contribution in [3.05, 3.63) is 30.1 Å². The molecule has 1 aliphatic heterocycles. The first-order valence-electron chi connectivity index (χ1n) is 5.15. The molecule has 1 aromatic carbocycles. The van der Waals surface area contributed by atoms with Crippen LogP contribution in [0.1, 0.15) is 12.0 Å². The molecule has 0 amide bonds. The van der Waals surface area contributed by atoms with Gasteiger partial charge in [-0.15, -0.1) is 0 Å². The lowest BCUT2D eigenvalue weighted by Gasteiger charge is -2.14. The van der Waals surface area contributed by atoms with E-state index in [0.717, 1.165) is 41.9 Å². The summed E-state index contributed by atoms with van der Waals surface area (Å²) in [5.41, 5.74) is 3.18. The largest absolute Gasteiger partial charge is 0.370 e. The lowest BCUT2D eigenvalue weighted by atomic mass is 10.1.